The Morgan fingerprint density at radius 2 is 1.68 bits per heavy atom. The molecule has 0 unspecified atom stereocenters. The van der Waals surface area contributed by atoms with Gasteiger partial charge in [0.15, 0.2) is 0 Å². The first-order valence-corrected chi connectivity index (χ1v) is 8.49. The van der Waals surface area contributed by atoms with E-state index in [9.17, 15) is 13.2 Å². The number of amides is 1. The SMILES string of the molecule is O=C1Cc2ccccc2N1CCNS(=O)(=O)c1ccccc1. The van der Waals surface area contributed by atoms with Gasteiger partial charge in [-0.3, -0.25) is 4.79 Å². The van der Waals surface area contributed by atoms with Crippen molar-refractivity contribution in [2.75, 3.05) is 18.0 Å². The van der Waals surface area contributed by atoms with Gasteiger partial charge in [-0.1, -0.05) is 36.4 Å². The van der Waals surface area contributed by atoms with Crippen LogP contribution in [0.25, 0.3) is 0 Å². The molecule has 0 spiro atoms. The van der Waals surface area contributed by atoms with Crippen LogP contribution in [-0.4, -0.2) is 27.4 Å². The number of nitrogens with one attached hydrogen (secondary N) is 1. The molecule has 0 atom stereocenters. The van der Waals surface area contributed by atoms with E-state index in [0.29, 0.717) is 13.0 Å². The fourth-order valence-corrected chi connectivity index (χ4v) is 3.58. The Kier molecular flexibility index (Phi) is 3.96. The lowest BCUT2D eigenvalue weighted by Crippen LogP contribution is -2.36. The van der Waals surface area contributed by atoms with Gasteiger partial charge in [-0.2, -0.15) is 0 Å². The summed E-state index contributed by atoms with van der Waals surface area (Å²) in [6.07, 6.45) is 0.377. The van der Waals surface area contributed by atoms with E-state index in [1.807, 2.05) is 24.3 Å². The number of rotatable bonds is 5. The minimum Gasteiger partial charge on any atom is -0.311 e. The van der Waals surface area contributed by atoms with Crippen molar-refractivity contribution in [2.24, 2.45) is 0 Å². The van der Waals surface area contributed by atoms with Crippen LogP contribution in [0.5, 0.6) is 0 Å². The first kappa shape index (κ1) is 14.7. The van der Waals surface area contributed by atoms with E-state index >= 15 is 0 Å². The summed E-state index contributed by atoms with van der Waals surface area (Å²) in [6, 6.07) is 15.8. The predicted molar refractivity (Wildman–Crippen MR) is 84.1 cm³/mol. The van der Waals surface area contributed by atoms with Crippen molar-refractivity contribution in [1.82, 2.24) is 4.72 Å². The van der Waals surface area contributed by atoms with Crippen molar-refractivity contribution in [3.8, 4) is 0 Å². The maximum absolute atomic E-state index is 12.1. The van der Waals surface area contributed by atoms with Crippen LogP contribution < -0.4 is 9.62 Å². The number of benzene rings is 2. The Labute approximate surface area is 129 Å². The van der Waals surface area contributed by atoms with Gasteiger partial charge in [-0.15, -0.1) is 0 Å². The molecule has 0 radical (unpaired) electrons. The quantitative estimate of drug-likeness (QED) is 0.910. The van der Waals surface area contributed by atoms with Crippen LogP contribution in [0.4, 0.5) is 5.69 Å². The van der Waals surface area contributed by atoms with Gasteiger partial charge in [0.2, 0.25) is 15.9 Å². The molecule has 2 aromatic rings. The standard InChI is InChI=1S/C16H16N2O3S/c19-16-12-13-6-4-5-9-15(13)18(16)11-10-17-22(20,21)14-7-2-1-3-8-14/h1-9,17H,10-12H2. The molecule has 1 aliphatic rings. The van der Waals surface area contributed by atoms with Crippen molar-refractivity contribution in [3.63, 3.8) is 0 Å². The molecule has 1 amide bonds. The Morgan fingerprint density at radius 3 is 2.45 bits per heavy atom. The number of anilines is 1. The van der Waals surface area contributed by atoms with Crippen LogP contribution in [0.1, 0.15) is 5.56 Å². The third-order valence-electron chi connectivity index (χ3n) is 3.61. The van der Waals surface area contributed by atoms with E-state index in [-0.39, 0.29) is 17.3 Å². The van der Waals surface area contributed by atoms with E-state index in [4.69, 9.17) is 0 Å². The zero-order chi connectivity index (χ0) is 15.6. The molecular weight excluding hydrogens is 300 g/mol. The van der Waals surface area contributed by atoms with Crippen molar-refractivity contribution in [3.05, 3.63) is 60.2 Å². The highest BCUT2D eigenvalue weighted by Gasteiger charge is 2.26. The smallest absolute Gasteiger partial charge is 0.240 e. The molecule has 5 nitrogen and oxygen atoms in total. The summed E-state index contributed by atoms with van der Waals surface area (Å²) >= 11 is 0. The largest absolute Gasteiger partial charge is 0.311 e. The first-order valence-electron chi connectivity index (χ1n) is 7.01. The van der Waals surface area contributed by atoms with Crippen LogP contribution in [0.15, 0.2) is 59.5 Å². The molecule has 2 aromatic carbocycles. The second-order valence-electron chi connectivity index (χ2n) is 5.06. The Balaban J connectivity index is 1.66. The van der Waals surface area contributed by atoms with Crippen LogP contribution >= 0.6 is 0 Å². The van der Waals surface area contributed by atoms with Crippen LogP contribution in [0.3, 0.4) is 0 Å². The predicted octanol–water partition coefficient (Wildman–Crippen LogP) is 1.55. The fourth-order valence-electron chi connectivity index (χ4n) is 2.54. The van der Waals surface area contributed by atoms with Gasteiger partial charge in [-0.25, -0.2) is 13.1 Å². The number of carbonyl (C=O) groups excluding carboxylic acids is 1. The second-order valence-corrected chi connectivity index (χ2v) is 6.83. The van der Waals surface area contributed by atoms with Crippen molar-refractivity contribution >= 4 is 21.6 Å². The second kappa shape index (κ2) is 5.90. The maximum Gasteiger partial charge on any atom is 0.240 e. The molecule has 0 saturated heterocycles. The number of nitrogens with zero attached hydrogens (tertiary/aromatic N) is 1. The maximum atomic E-state index is 12.1. The summed E-state index contributed by atoms with van der Waals surface area (Å²) in [5, 5.41) is 0. The molecule has 6 heteroatoms. The van der Waals surface area contributed by atoms with Gasteiger partial charge in [0.1, 0.15) is 0 Å². The molecule has 0 aromatic heterocycles. The molecule has 0 saturated carbocycles. The zero-order valence-corrected chi connectivity index (χ0v) is 12.7. The molecule has 1 heterocycles. The minimum absolute atomic E-state index is 0.000101. The van der Waals surface area contributed by atoms with E-state index in [1.165, 1.54) is 0 Å². The summed E-state index contributed by atoms with van der Waals surface area (Å²) < 4.78 is 26.8. The fraction of sp³-hybridized carbons (Fsp3) is 0.188. The molecule has 0 bridgehead atoms. The van der Waals surface area contributed by atoms with Crippen molar-refractivity contribution in [2.45, 2.75) is 11.3 Å². The Bertz CT molecular complexity index is 788. The molecule has 1 aliphatic heterocycles. The molecular formula is C16H16N2O3S. The van der Waals surface area contributed by atoms with Crippen molar-refractivity contribution in [1.29, 1.82) is 0 Å². The van der Waals surface area contributed by atoms with Gasteiger partial charge >= 0.3 is 0 Å². The average Bonchev–Trinajstić information content (AvgIpc) is 2.84. The summed E-state index contributed by atoms with van der Waals surface area (Å²) in [5.74, 6) is 0.000101. The lowest BCUT2D eigenvalue weighted by molar-refractivity contribution is -0.117. The van der Waals surface area contributed by atoms with Gasteiger partial charge < -0.3 is 4.90 Å². The number of para-hydroxylation sites is 1. The number of hydrogen-bond acceptors (Lipinski definition) is 3. The topological polar surface area (TPSA) is 66.5 Å². The Morgan fingerprint density at radius 1 is 1.00 bits per heavy atom. The number of carbonyl (C=O) groups is 1. The molecule has 3 rings (SSSR count). The highest BCUT2D eigenvalue weighted by molar-refractivity contribution is 7.89. The average molecular weight is 316 g/mol. The monoisotopic (exact) mass is 316 g/mol. The first-order chi connectivity index (χ1) is 10.6. The summed E-state index contributed by atoms with van der Waals surface area (Å²) in [4.78, 5) is 13.9. The normalized spacial score (nSPS) is 14.2. The molecule has 22 heavy (non-hydrogen) atoms. The van der Waals surface area contributed by atoms with Gasteiger partial charge in [0.25, 0.3) is 0 Å². The number of hydrogen-bond donors (Lipinski definition) is 1. The third-order valence-corrected chi connectivity index (χ3v) is 5.08. The number of sulfonamides is 1. The third kappa shape index (κ3) is 2.88. The number of fused-ring (bicyclic) bond motifs is 1. The van der Waals surface area contributed by atoms with Gasteiger partial charge in [0.05, 0.1) is 11.3 Å². The summed E-state index contributed by atoms with van der Waals surface area (Å²) in [6.45, 7) is 0.499. The van der Waals surface area contributed by atoms with E-state index in [0.717, 1.165) is 11.3 Å². The van der Waals surface area contributed by atoms with Crippen LogP contribution in [0, 0.1) is 0 Å². The van der Waals surface area contributed by atoms with Gasteiger partial charge in [-0.05, 0) is 23.8 Å². The molecule has 1 N–H and O–H groups in total. The molecule has 114 valence electrons. The minimum atomic E-state index is -3.53. The van der Waals surface area contributed by atoms with E-state index < -0.39 is 10.0 Å². The molecule has 0 aliphatic carbocycles. The highest BCUT2D eigenvalue weighted by atomic mass is 32.2. The van der Waals surface area contributed by atoms with Crippen molar-refractivity contribution < 1.29 is 13.2 Å². The lowest BCUT2D eigenvalue weighted by Gasteiger charge is -2.17. The van der Waals surface area contributed by atoms with E-state index in [2.05, 4.69) is 4.72 Å². The van der Waals surface area contributed by atoms with Crippen LogP contribution in [0.2, 0.25) is 0 Å². The summed E-state index contributed by atoms with van der Waals surface area (Å²) in [5.41, 5.74) is 1.85. The summed E-state index contributed by atoms with van der Waals surface area (Å²) in [7, 11) is -3.53. The Hall–Kier alpha value is -2.18. The van der Waals surface area contributed by atoms with E-state index in [1.54, 1.807) is 35.2 Å². The zero-order valence-electron chi connectivity index (χ0n) is 11.9. The lowest BCUT2D eigenvalue weighted by atomic mass is 10.2. The van der Waals surface area contributed by atoms with Gasteiger partial charge in [0, 0.05) is 18.8 Å². The highest BCUT2D eigenvalue weighted by Crippen LogP contribution is 2.27. The van der Waals surface area contributed by atoms with Crippen LogP contribution in [-0.2, 0) is 21.2 Å². The molecule has 0 fully saturated rings.